The van der Waals surface area contributed by atoms with Gasteiger partial charge in [0.15, 0.2) is 0 Å². The van der Waals surface area contributed by atoms with Crippen molar-refractivity contribution in [2.24, 2.45) is 14.1 Å². The number of aromatic nitrogens is 3. The van der Waals surface area contributed by atoms with E-state index in [1.165, 1.54) is 0 Å². The zero-order valence-corrected chi connectivity index (χ0v) is 13.3. The van der Waals surface area contributed by atoms with Gasteiger partial charge < -0.3 is 9.88 Å². The van der Waals surface area contributed by atoms with Gasteiger partial charge in [-0.05, 0) is 32.0 Å². The lowest BCUT2D eigenvalue weighted by Gasteiger charge is -2.07. The van der Waals surface area contributed by atoms with Gasteiger partial charge in [0.05, 0.1) is 5.69 Å². The molecule has 2 aromatic heterocycles. The summed E-state index contributed by atoms with van der Waals surface area (Å²) in [5.74, 6) is -0.0561. The number of aryl methyl sites for hydroxylation is 3. The first-order valence-corrected chi connectivity index (χ1v) is 7.30. The lowest BCUT2D eigenvalue weighted by molar-refractivity contribution is 0.0952. The Morgan fingerprint density at radius 3 is 2.68 bits per heavy atom. The van der Waals surface area contributed by atoms with E-state index >= 15 is 0 Å². The molecule has 0 fully saturated rings. The van der Waals surface area contributed by atoms with Crippen LogP contribution >= 0.6 is 0 Å². The molecular weight excluding hydrogens is 276 g/mol. The number of hydrogen-bond donors (Lipinski definition) is 1. The molecule has 3 rings (SSSR count). The van der Waals surface area contributed by atoms with E-state index in [1.54, 1.807) is 0 Å². The molecule has 0 aliphatic rings. The molecule has 1 aromatic carbocycles. The molecule has 0 unspecified atom stereocenters. The highest BCUT2D eigenvalue weighted by atomic mass is 16.1. The smallest absolute Gasteiger partial charge is 0.252 e. The summed E-state index contributed by atoms with van der Waals surface area (Å²) in [6, 6.07) is 7.77. The third-order valence-electron chi connectivity index (χ3n) is 4.26. The van der Waals surface area contributed by atoms with Gasteiger partial charge in [0.1, 0.15) is 0 Å². The van der Waals surface area contributed by atoms with Crippen LogP contribution in [0.4, 0.5) is 0 Å². The van der Waals surface area contributed by atoms with Crippen LogP contribution in [-0.2, 0) is 20.6 Å². The Kier molecular flexibility index (Phi) is 3.48. The summed E-state index contributed by atoms with van der Waals surface area (Å²) in [4.78, 5) is 12.5. The van der Waals surface area contributed by atoms with Gasteiger partial charge in [0.25, 0.3) is 5.91 Å². The topological polar surface area (TPSA) is 51.9 Å². The van der Waals surface area contributed by atoms with Crippen molar-refractivity contribution in [2.75, 3.05) is 0 Å². The van der Waals surface area contributed by atoms with Gasteiger partial charge in [-0.2, -0.15) is 5.10 Å². The first kappa shape index (κ1) is 14.4. The van der Waals surface area contributed by atoms with Gasteiger partial charge in [-0.25, -0.2) is 0 Å². The predicted octanol–water partition coefficient (Wildman–Crippen LogP) is 2.46. The molecule has 1 amide bonds. The highest BCUT2D eigenvalue weighted by Crippen LogP contribution is 2.20. The van der Waals surface area contributed by atoms with E-state index in [0.29, 0.717) is 12.1 Å². The molecule has 1 N–H and O–H groups in total. The summed E-state index contributed by atoms with van der Waals surface area (Å²) >= 11 is 0. The molecule has 5 heteroatoms. The molecule has 0 bridgehead atoms. The molecule has 5 nitrogen and oxygen atoms in total. The van der Waals surface area contributed by atoms with Gasteiger partial charge in [0.2, 0.25) is 0 Å². The van der Waals surface area contributed by atoms with Crippen molar-refractivity contribution < 1.29 is 4.79 Å². The fourth-order valence-electron chi connectivity index (χ4n) is 2.84. The third-order valence-corrected chi connectivity index (χ3v) is 4.26. The van der Waals surface area contributed by atoms with Crippen LogP contribution < -0.4 is 5.32 Å². The van der Waals surface area contributed by atoms with Crippen molar-refractivity contribution >= 4 is 16.8 Å². The largest absolute Gasteiger partial charge is 0.351 e. The van der Waals surface area contributed by atoms with Gasteiger partial charge in [-0.3, -0.25) is 9.48 Å². The van der Waals surface area contributed by atoms with Crippen LogP contribution in [0.2, 0.25) is 0 Å². The maximum Gasteiger partial charge on any atom is 0.252 e. The van der Waals surface area contributed by atoms with Crippen LogP contribution in [0.15, 0.2) is 30.5 Å². The number of benzene rings is 1. The number of nitrogens with zero attached hydrogens (tertiary/aromatic N) is 3. The van der Waals surface area contributed by atoms with E-state index < -0.39 is 0 Å². The Morgan fingerprint density at radius 1 is 1.23 bits per heavy atom. The number of hydrogen-bond acceptors (Lipinski definition) is 2. The van der Waals surface area contributed by atoms with Crippen molar-refractivity contribution in [2.45, 2.75) is 20.4 Å². The molecule has 0 atom stereocenters. The molecule has 114 valence electrons. The Morgan fingerprint density at radius 2 is 2.00 bits per heavy atom. The number of carbonyl (C=O) groups is 1. The number of nitrogens with one attached hydrogen (secondary N) is 1. The SMILES string of the molecule is Cc1nn(C)c(C)c1CNC(=O)c1cccc2c1ccn2C. The number of amides is 1. The molecule has 0 spiro atoms. The van der Waals surface area contributed by atoms with Crippen molar-refractivity contribution in [1.29, 1.82) is 0 Å². The van der Waals surface area contributed by atoms with E-state index in [-0.39, 0.29) is 5.91 Å². The highest BCUT2D eigenvalue weighted by molar-refractivity contribution is 6.06. The Bertz CT molecular complexity index is 857. The van der Waals surface area contributed by atoms with Crippen molar-refractivity contribution in [1.82, 2.24) is 19.7 Å². The molecule has 0 saturated heterocycles. The minimum absolute atomic E-state index is 0.0561. The molecular formula is C17H20N4O. The fraction of sp³-hybridized carbons (Fsp3) is 0.294. The molecule has 2 heterocycles. The summed E-state index contributed by atoms with van der Waals surface area (Å²) < 4.78 is 3.86. The first-order valence-electron chi connectivity index (χ1n) is 7.30. The zero-order chi connectivity index (χ0) is 15.9. The average molecular weight is 296 g/mol. The first-order chi connectivity index (χ1) is 10.5. The summed E-state index contributed by atoms with van der Waals surface area (Å²) in [6.07, 6.45) is 1.97. The van der Waals surface area contributed by atoms with E-state index in [4.69, 9.17) is 0 Å². The summed E-state index contributed by atoms with van der Waals surface area (Å²) in [7, 11) is 3.89. The predicted molar refractivity (Wildman–Crippen MR) is 86.8 cm³/mol. The third kappa shape index (κ3) is 2.28. The number of carbonyl (C=O) groups excluding carboxylic acids is 1. The lowest BCUT2D eigenvalue weighted by atomic mass is 10.1. The van der Waals surface area contributed by atoms with Crippen LogP contribution in [-0.4, -0.2) is 20.3 Å². The van der Waals surface area contributed by atoms with E-state index in [1.807, 2.05) is 67.7 Å². The Hall–Kier alpha value is -2.56. The summed E-state index contributed by atoms with van der Waals surface area (Å²) in [5.41, 5.74) is 4.88. The molecule has 0 aliphatic carbocycles. The standard InChI is InChI=1S/C17H20N4O/c1-11-15(12(2)21(4)19-11)10-18-17(22)14-6-5-7-16-13(14)8-9-20(16)3/h5-9H,10H2,1-4H3,(H,18,22). The normalized spacial score (nSPS) is 11.1. The highest BCUT2D eigenvalue weighted by Gasteiger charge is 2.14. The quantitative estimate of drug-likeness (QED) is 0.807. The molecule has 0 aliphatic heterocycles. The van der Waals surface area contributed by atoms with Crippen molar-refractivity contribution in [3.63, 3.8) is 0 Å². The summed E-state index contributed by atoms with van der Waals surface area (Å²) in [5, 5.41) is 8.36. The molecule has 0 saturated carbocycles. The Labute approximate surface area is 129 Å². The minimum Gasteiger partial charge on any atom is -0.351 e. The second-order valence-electron chi connectivity index (χ2n) is 5.62. The maximum absolute atomic E-state index is 12.5. The lowest BCUT2D eigenvalue weighted by Crippen LogP contribution is -2.23. The van der Waals surface area contributed by atoms with Crippen LogP contribution in [0, 0.1) is 13.8 Å². The minimum atomic E-state index is -0.0561. The Balaban J connectivity index is 1.85. The van der Waals surface area contributed by atoms with E-state index in [2.05, 4.69) is 10.4 Å². The fourth-order valence-corrected chi connectivity index (χ4v) is 2.84. The van der Waals surface area contributed by atoms with Gasteiger partial charge in [-0.1, -0.05) is 6.07 Å². The van der Waals surface area contributed by atoms with Crippen LogP contribution in [0.5, 0.6) is 0 Å². The second kappa shape index (κ2) is 5.33. The monoisotopic (exact) mass is 296 g/mol. The molecule has 0 radical (unpaired) electrons. The van der Waals surface area contributed by atoms with E-state index in [9.17, 15) is 4.79 Å². The van der Waals surface area contributed by atoms with E-state index in [0.717, 1.165) is 27.9 Å². The van der Waals surface area contributed by atoms with Crippen molar-refractivity contribution in [3.05, 3.63) is 53.0 Å². The maximum atomic E-state index is 12.5. The van der Waals surface area contributed by atoms with Crippen molar-refractivity contribution in [3.8, 4) is 0 Å². The molecule has 22 heavy (non-hydrogen) atoms. The van der Waals surface area contributed by atoms with Gasteiger partial charge in [0, 0.05) is 54.6 Å². The van der Waals surface area contributed by atoms with Crippen LogP contribution in [0.25, 0.3) is 10.9 Å². The van der Waals surface area contributed by atoms with Gasteiger partial charge >= 0.3 is 0 Å². The van der Waals surface area contributed by atoms with Crippen LogP contribution in [0.1, 0.15) is 27.3 Å². The second-order valence-corrected chi connectivity index (χ2v) is 5.62. The number of rotatable bonds is 3. The molecule has 3 aromatic rings. The number of fused-ring (bicyclic) bond motifs is 1. The summed E-state index contributed by atoms with van der Waals surface area (Å²) in [6.45, 7) is 4.47. The average Bonchev–Trinajstić information content (AvgIpc) is 2.98. The van der Waals surface area contributed by atoms with Crippen LogP contribution in [0.3, 0.4) is 0 Å². The zero-order valence-electron chi connectivity index (χ0n) is 13.3. The van der Waals surface area contributed by atoms with Gasteiger partial charge in [-0.15, -0.1) is 0 Å².